The van der Waals surface area contributed by atoms with Crippen LogP contribution in [0.3, 0.4) is 0 Å². The molecule has 0 unspecified atom stereocenters. The monoisotopic (exact) mass is 358 g/mol. The first-order valence-electron chi connectivity index (χ1n) is 8.63. The van der Waals surface area contributed by atoms with Gasteiger partial charge in [0.15, 0.2) is 0 Å². The van der Waals surface area contributed by atoms with Crippen LogP contribution in [0.2, 0.25) is 0 Å². The molecule has 0 bridgehead atoms. The number of benzene rings is 3. The van der Waals surface area contributed by atoms with Crippen molar-refractivity contribution >= 4 is 17.0 Å². The first kappa shape index (κ1) is 16.8. The first-order valence-corrected chi connectivity index (χ1v) is 8.63. The minimum atomic E-state index is -0.904. The van der Waals surface area contributed by atoms with Crippen LogP contribution >= 0.6 is 0 Å². The van der Waals surface area contributed by atoms with E-state index in [1.165, 1.54) is 0 Å². The molecule has 27 heavy (non-hydrogen) atoms. The third kappa shape index (κ3) is 3.40. The zero-order valence-electron chi connectivity index (χ0n) is 14.8. The van der Waals surface area contributed by atoms with Crippen molar-refractivity contribution in [2.45, 2.75) is 13.5 Å². The van der Waals surface area contributed by atoms with Crippen molar-refractivity contribution in [2.75, 3.05) is 0 Å². The predicted octanol–water partition coefficient (Wildman–Crippen LogP) is 4.89. The highest BCUT2D eigenvalue weighted by atomic mass is 16.5. The highest BCUT2D eigenvalue weighted by molar-refractivity contribution is 5.82. The number of carbonyl (C=O) groups is 1. The van der Waals surface area contributed by atoms with Gasteiger partial charge in [-0.25, -0.2) is 4.98 Å². The summed E-state index contributed by atoms with van der Waals surface area (Å²) in [5.41, 5.74) is 3.47. The van der Waals surface area contributed by atoms with Gasteiger partial charge in [0.1, 0.15) is 23.9 Å². The summed E-state index contributed by atoms with van der Waals surface area (Å²) in [6.07, 6.45) is 0. The number of nitrogens with zero attached hydrogens (tertiary/aromatic N) is 2. The zero-order chi connectivity index (χ0) is 18.8. The lowest BCUT2D eigenvalue weighted by atomic mass is 10.2. The van der Waals surface area contributed by atoms with E-state index < -0.39 is 5.97 Å². The van der Waals surface area contributed by atoms with Gasteiger partial charge in [-0.1, -0.05) is 30.3 Å². The quantitative estimate of drug-likeness (QED) is 0.552. The molecule has 5 heteroatoms. The van der Waals surface area contributed by atoms with E-state index in [0.29, 0.717) is 11.6 Å². The summed E-state index contributed by atoms with van der Waals surface area (Å²) in [5.74, 6) is 1.25. The molecule has 0 aliphatic rings. The Balaban J connectivity index is 1.70. The number of imidazole rings is 1. The minimum Gasteiger partial charge on any atom is -0.480 e. The number of carboxylic acids is 1. The van der Waals surface area contributed by atoms with E-state index in [1.807, 2.05) is 79.7 Å². The molecule has 0 aliphatic carbocycles. The van der Waals surface area contributed by atoms with Gasteiger partial charge in [-0.3, -0.25) is 4.79 Å². The maximum absolute atomic E-state index is 11.3. The average Bonchev–Trinajstić information content (AvgIpc) is 3.02. The summed E-state index contributed by atoms with van der Waals surface area (Å²) in [4.78, 5) is 15.9. The van der Waals surface area contributed by atoms with E-state index in [4.69, 9.17) is 4.74 Å². The van der Waals surface area contributed by atoms with E-state index >= 15 is 0 Å². The number of fused-ring (bicyclic) bond motifs is 1. The molecule has 4 aromatic rings. The fourth-order valence-electron chi connectivity index (χ4n) is 3.06. The van der Waals surface area contributed by atoms with Crippen LogP contribution in [0.25, 0.3) is 22.4 Å². The Labute approximate surface area is 156 Å². The maximum Gasteiger partial charge on any atom is 0.323 e. The number of aromatic nitrogens is 2. The van der Waals surface area contributed by atoms with Crippen LogP contribution in [0.1, 0.15) is 5.56 Å². The molecule has 1 heterocycles. The van der Waals surface area contributed by atoms with Gasteiger partial charge in [-0.15, -0.1) is 0 Å². The number of carboxylic acid groups (broad SMARTS) is 1. The molecule has 1 N–H and O–H groups in total. The number of aryl methyl sites for hydroxylation is 1. The fraction of sp³-hybridized carbons (Fsp3) is 0.0909. The molecular formula is C22H18N2O3. The minimum absolute atomic E-state index is 0.142. The van der Waals surface area contributed by atoms with Crippen LogP contribution in [0.4, 0.5) is 0 Å². The number of hydrogen-bond donors (Lipinski definition) is 1. The summed E-state index contributed by atoms with van der Waals surface area (Å²) in [5, 5.41) is 9.28. The number of rotatable bonds is 5. The molecule has 0 saturated heterocycles. The molecule has 0 saturated carbocycles. The molecule has 3 aromatic carbocycles. The lowest BCUT2D eigenvalue weighted by Crippen LogP contribution is -2.09. The van der Waals surface area contributed by atoms with Crippen LogP contribution in [0.15, 0.2) is 72.8 Å². The van der Waals surface area contributed by atoms with Crippen LogP contribution < -0.4 is 4.74 Å². The molecule has 1 aromatic heterocycles. The van der Waals surface area contributed by atoms with Gasteiger partial charge in [-0.05, 0) is 55.0 Å². The Morgan fingerprint density at radius 3 is 2.44 bits per heavy atom. The third-order valence-corrected chi connectivity index (χ3v) is 4.38. The Hall–Kier alpha value is -3.60. The second kappa shape index (κ2) is 6.96. The molecule has 5 nitrogen and oxygen atoms in total. The smallest absolute Gasteiger partial charge is 0.323 e. The van der Waals surface area contributed by atoms with Crippen LogP contribution in [-0.2, 0) is 11.3 Å². The lowest BCUT2D eigenvalue weighted by Gasteiger charge is -2.10. The van der Waals surface area contributed by atoms with Gasteiger partial charge in [-0.2, -0.15) is 0 Å². The number of ether oxygens (including phenoxy) is 1. The molecule has 0 fully saturated rings. The third-order valence-electron chi connectivity index (χ3n) is 4.38. The summed E-state index contributed by atoms with van der Waals surface area (Å²) < 4.78 is 7.65. The van der Waals surface area contributed by atoms with Crippen molar-refractivity contribution in [3.8, 4) is 22.9 Å². The van der Waals surface area contributed by atoms with Crippen molar-refractivity contribution in [1.82, 2.24) is 9.55 Å². The predicted molar refractivity (Wildman–Crippen MR) is 104 cm³/mol. The van der Waals surface area contributed by atoms with Crippen LogP contribution in [0, 0.1) is 6.92 Å². The van der Waals surface area contributed by atoms with Crippen molar-refractivity contribution in [1.29, 1.82) is 0 Å². The molecule has 4 rings (SSSR count). The van der Waals surface area contributed by atoms with Gasteiger partial charge in [0.2, 0.25) is 0 Å². The van der Waals surface area contributed by atoms with Crippen LogP contribution in [-0.4, -0.2) is 20.6 Å². The van der Waals surface area contributed by atoms with E-state index in [9.17, 15) is 9.90 Å². The van der Waals surface area contributed by atoms with Crippen molar-refractivity contribution < 1.29 is 14.6 Å². The van der Waals surface area contributed by atoms with Crippen molar-refractivity contribution in [3.63, 3.8) is 0 Å². The molecule has 0 radical (unpaired) electrons. The molecule has 134 valence electrons. The summed E-state index contributed by atoms with van der Waals surface area (Å²) in [6.45, 7) is 1.86. The zero-order valence-corrected chi connectivity index (χ0v) is 14.8. The number of hydrogen-bond acceptors (Lipinski definition) is 3. The van der Waals surface area contributed by atoms with Crippen molar-refractivity contribution in [3.05, 3.63) is 78.4 Å². The Morgan fingerprint density at radius 2 is 1.70 bits per heavy atom. The van der Waals surface area contributed by atoms with E-state index in [-0.39, 0.29) is 6.54 Å². The van der Waals surface area contributed by atoms with Crippen LogP contribution in [0.5, 0.6) is 11.5 Å². The fourth-order valence-corrected chi connectivity index (χ4v) is 3.06. The summed E-state index contributed by atoms with van der Waals surface area (Å²) in [7, 11) is 0. The summed E-state index contributed by atoms with van der Waals surface area (Å²) >= 11 is 0. The molecule has 0 aliphatic heterocycles. The highest BCUT2D eigenvalue weighted by Crippen LogP contribution is 2.29. The second-order valence-corrected chi connectivity index (χ2v) is 6.30. The van der Waals surface area contributed by atoms with E-state index in [2.05, 4.69) is 4.98 Å². The number of aliphatic carboxylic acids is 1. The summed E-state index contributed by atoms with van der Waals surface area (Å²) in [6, 6.07) is 22.9. The van der Waals surface area contributed by atoms with Gasteiger partial charge in [0, 0.05) is 5.56 Å². The highest BCUT2D eigenvalue weighted by Gasteiger charge is 2.14. The average molecular weight is 358 g/mol. The molecule has 0 amide bonds. The normalized spacial score (nSPS) is 10.9. The topological polar surface area (TPSA) is 64.4 Å². The van der Waals surface area contributed by atoms with Gasteiger partial charge in [0.25, 0.3) is 0 Å². The van der Waals surface area contributed by atoms with E-state index in [1.54, 1.807) is 4.57 Å². The molecule has 0 atom stereocenters. The largest absolute Gasteiger partial charge is 0.480 e. The molecule has 0 spiro atoms. The Kier molecular flexibility index (Phi) is 4.34. The maximum atomic E-state index is 11.3. The van der Waals surface area contributed by atoms with Gasteiger partial charge < -0.3 is 14.4 Å². The van der Waals surface area contributed by atoms with Gasteiger partial charge in [0.05, 0.1) is 11.0 Å². The Morgan fingerprint density at radius 1 is 1.00 bits per heavy atom. The lowest BCUT2D eigenvalue weighted by molar-refractivity contribution is -0.137. The first-order chi connectivity index (χ1) is 13.1. The van der Waals surface area contributed by atoms with Gasteiger partial charge >= 0.3 is 5.97 Å². The van der Waals surface area contributed by atoms with E-state index in [0.717, 1.165) is 27.9 Å². The van der Waals surface area contributed by atoms with Crippen molar-refractivity contribution in [2.24, 2.45) is 0 Å². The Bertz CT molecular complexity index is 1110. The number of para-hydroxylation sites is 3. The molecular weight excluding hydrogens is 340 g/mol. The second-order valence-electron chi connectivity index (χ2n) is 6.30. The SMILES string of the molecule is Cc1ccccc1Oc1ccc(-c2nc3ccccc3n2CC(=O)O)cc1. The standard InChI is InChI=1S/C22H18N2O3/c1-15-6-2-5-9-20(15)27-17-12-10-16(11-13-17)22-23-18-7-3-4-8-19(18)24(22)14-21(25)26/h2-13H,14H2,1H3,(H,25,26).